The van der Waals surface area contributed by atoms with Gasteiger partial charge in [-0.3, -0.25) is 0 Å². The van der Waals surface area contributed by atoms with Crippen LogP contribution in [0.15, 0.2) is 0 Å². The van der Waals surface area contributed by atoms with Gasteiger partial charge in [-0.25, -0.2) is 0 Å². The largest absolute Gasteiger partial charge is 0.393 e. The Bertz CT molecular complexity index is 362. The lowest BCUT2D eigenvalue weighted by molar-refractivity contribution is 0.0554. The predicted molar refractivity (Wildman–Crippen MR) is 112 cm³/mol. The van der Waals surface area contributed by atoms with Crippen molar-refractivity contribution in [3.8, 4) is 0 Å². The molecule has 3 aliphatic rings. The Balaban J connectivity index is 1.30. The summed E-state index contributed by atoms with van der Waals surface area (Å²) in [5.41, 5.74) is 0. The second-order valence-electron chi connectivity index (χ2n) is 10.2. The fraction of sp³-hybridized carbons (Fsp3) is 1.00. The Hall–Kier alpha value is -0.0400. The molecule has 0 heterocycles. The molecule has 0 aromatic heterocycles. The van der Waals surface area contributed by atoms with Crippen LogP contribution in [-0.2, 0) is 0 Å². The summed E-state index contributed by atoms with van der Waals surface area (Å²) in [6, 6.07) is 0. The number of aliphatic hydroxyl groups excluding tert-OH is 1. The van der Waals surface area contributed by atoms with Crippen molar-refractivity contribution >= 4 is 0 Å². The molecule has 0 amide bonds. The molecule has 0 aromatic carbocycles. The molecular formula is C25H46O. The van der Waals surface area contributed by atoms with Gasteiger partial charge in [-0.1, -0.05) is 64.7 Å². The van der Waals surface area contributed by atoms with E-state index < -0.39 is 0 Å². The molecule has 0 radical (unpaired) electrons. The summed E-state index contributed by atoms with van der Waals surface area (Å²) in [5, 5.41) is 9.99. The fourth-order valence-electron chi connectivity index (χ4n) is 6.70. The summed E-state index contributed by atoms with van der Waals surface area (Å²) in [4.78, 5) is 0. The van der Waals surface area contributed by atoms with Crippen LogP contribution < -0.4 is 0 Å². The summed E-state index contributed by atoms with van der Waals surface area (Å²) in [6.45, 7) is 2.31. The van der Waals surface area contributed by atoms with Crippen molar-refractivity contribution in [3.05, 3.63) is 0 Å². The van der Waals surface area contributed by atoms with Crippen LogP contribution in [0.1, 0.15) is 122 Å². The first-order chi connectivity index (χ1) is 12.8. The minimum absolute atomic E-state index is 0.0173. The first-order valence-electron chi connectivity index (χ1n) is 12.4. The third-order valence-corrected chi connectivity index (χ3v) is 8.44. The van der Waals surface area contributed by atoms with E-state index in [0.717, 1.165) is 42.4 Å². The second-order valence-corrected chi connectivity index (χ2v) is 10.2. The van der Waals surface area contributed by atoms with Gasteiger partial charge in [-0.15, -0.1) is 0 Å². The lowest BCUT2D eigenvalue weighted by atomic mass is 9.65. The van der Waals surface area contributed by atoms with Crippen molar-refractivity contribution in [1.29, 1.82) is 0 Å². The molecule has 3 rings (SSSR count). The van der Waals surface area contributed by atoms with Crippen molar-refractivity contribution in [2.45, 2.75) is 129 Å². The van der Waals surface area contributed by atoms with Gasteiger partial charge in [0.1, 0.15) is 0 Å². The maximum atomic E-state index is 9.99. The van der Waals surface area contributed by atoms with Gasteiger partial charge in [-0.05, 0) is 87.4 Å². The van der Waals surface area contributed by atoms with E-state index in [4.69, 9.17) is 0 Å². The normalized spacial score (nSPS) is 39.0. The minimum Gasteiger partial charge on any atom is -0.393 e. The van der Waals surface area contributed by atoms with Crippen LogP contribution in [0.2, 0.25) is 0 Å². The highest BCUT2D eigenvalue weighted by molar-refractivity contribution is 4.86. The smallest absolute Gasteiger partial charge is 0.0543 e. The third-order valence-electron chi connectivity index (χ3n) is 8.44. The Morgan fingerprint density at radius 2 is 1.19 bits per heavy atom. The molecule has 152 valence electrons. The van der Waals surface area contributed by atoms with E-state index in [9.17, 15) is 5.11 Å². The number of aliphatic hydroxyl groups is 1. The number of unbranched alkanes of at least 4 members (excludes halogenated alkanes) is 4. The van der Waals surface area contributed by atoms with Gasteiger partial charge in [0.05, 0.1) is 6.10 Å². The molecular weight excluding hydrogens is 316 g/mol. The molecule has 0 spiro atoms. The lowest BCUT2D eigenvalue weighted by Crippen LogP contribution is -2.31. The van der Waals surface area contributed by atoms with Crippen LogP contribution in [0, 0.1) is 29.6 Å². The van der Waals surface area contributed by atoms with Gasteiger partial charge < -0.3 is 5.11 Å². The SMILES string of the molecule is CCCCCCCC1CCC(C2CCC(C3CCCC(O)C3)CC2)CC1. The molecule has 2 atom stereocenters. The molecule has 2 unspecified atom stereocenters. The second kappa shape index (κ2) is 11.1. The Kier molecular flexibility index (Phi) is 8.82. The van der Waals surface area contributed by atoms with Crippen molar-refractivity contribution in [3.63, 3.8) is 0 Å². The first-order valence-corrected chi connectivity index (χ1v) is 12.4. The number of hydrogen-bond donors (Lipinski definition) is 1. The van der Waals surface area contributed by atoms with E-state index in [-0.39, 0.29) is 6.10 Å². The average Bonchev–Trinajstić information content (AvgIpc) is 2.68. The summed E-state index contributed by atoms with van der Waals surface area (Å²) >= 11 is 0. The van der Waals surface area contributed by atoms with Gasteiger partial charge in [0.25, 0.3) is 0 Å². The van der Waals surface area contributed by atoms with Crippen molar-refractivity contribution < 1.29 is 5.11 Å². The van der Waals surface area contributed by atoms with Crippen LogP contribution in [0.4, 0.5) is 0 Å². The number of rotatable bonds is 8. The number of hydrogen-bond acceptors (Lipinski definition) is 1. The van der Waals surface area contributed by atoms with Crippen LogP contribution >= 0.6 is 0 Å². The van der Waals surface area contributed by atoms with Crippen LogP contribution in [0.25, 0.3) is 0 Å². The highest BCUT2D eigenvalue weighted by atomic mass is 16.3. The van der Waals surface area contributed by atoms with Gasteiger partial charge in [0.2, 0.25) is 0 Å². The first kappa shape index (κ1) is 20.7. The van der Waals surface area contributed by atoms with E-state index in [1.54, 1.807) is 0 Å². The monoisotopic (exact) mass is 362 g/mol. The molecule has 0 saturated heterocycles. The van der Waals surface area contributed by atoms with Gasteiger partial charge in [0, 0.05) is 0 Å². The van der Waals surface area contributed by atoms with Crippen molar-refractivity contribution in [1.82, 2.24) is 0 Å². The third kappa shape index (κ3) is 6.25. The topological polar surface area (TPSA) is 20.2 Å². The summed E-state index contributed by atoms with van der Waals surface area (Å²) < 4.78 is 0. The molecule has 1 nitrogen and oxygen atoms in total. The van der Waals surface area contributed by atoms with Crippen LogP contribution in [0.5, 0.6) is 0 Å². The molecule has 3 aliphatic carbocycles. The molecule has 3 fully saturated rings. The molecule has 26 heavy (non-hydrogen) atoms. The van der Waals surface area contributed by atoms with E-state index >= 15 is 0 Å². The zero-order chi connectivity index (χ0) is 18.2. The lowest BCUT2D eigenvalue weighted by Gasteiger charge is -2.41. The highest BCUT2D eigenvalue weighted by Crippen LogP contribution is 2.45. The molecule has 1 heteroatoms. The van der Waals surface area contributed by atoms with Crippen LogP contribution in [-0.4, -0.2) is 11.2 Å². The Morgan fingerprint density at radius 1 is 0.615 bits per heavy atom. The van der Waals surface area contributed by atoms with E-state index in [0.29, 0.717) is 0 Å². The van der Waals surface area contributed by atoms with Crippen molar-refractivity contribution in [2.24, 2.45) is 29.6 Å². The molecule has 0 aliphatic heterocycles. The molecule has 3 saturated carbocycles. The standard InChI is InChI=1S/C25H46O/c1-2-3-4-5-6-8-20-11-13-21(14-12-20)22-15-17-23(18-16-22)24-9-7-10-25(26)19-24/h20-26H,2-19H2,1H3. The molecule has 1 N–H and O–H groups in total. The predicted octanol–water partition coefficient (Wildman–Crippen LogP) is 7.51. The van der Waals surface area contributed by atoms with E-state index in [2.05, 4.69) is 6.92 Å². The summed E-state index contributed by atoms with van der Waals surface area (Å²) in [6.07, 6.45) is 25.7. The van der Waals surface area contributed by atoms with Gasteiger partial charge >= 0.3 is 0 Å². The fourth-order valence-corrected chi connectivity index (χ4v) is 6.70. The quantitative estimate of drug-likeness (QED) is 0.443. The zero-order valence-electron chi connectivity index (χ0n) is 17.6. The van der Waals surface area contributed by atoms with Crippen LogP contribution in [0.3, 0.4) is 0 Å². The molecule has 0 bridgehead atoms. The average molecular weight is 363 g/mol. The summed E-state index contributed by atoms with van der Waals surface area (Å²) in [5.74, 6) is 4.96. The highest BCUT2D eigenvalue weighted by Gasteiger charge is 2.34. The molecule has 0 aromatic rings. The summed E-state index contributed by atoms with van der Waals surface area (Å²) in [7, 11) is 0. The Labute approximate surface area is 163 Å². The van der Waals surface area contributed by atoms with E-state index in [1.165, 1.54) is 103 Å². The van der Waals surface area contributed by atoms with Gasteiger partial charge in [0.15, 0.2) is 0 Å². The van der Waals surface area contributed by atoms with Gasteiger partial charge in [-0.2, -0.15) is 0 Å². The minimum atomic E-state index is 0.0173. The zero-order valence-corrected chi connectivity index (χ0v) is 17.6. The van der Waals surface area contributed by atoms with E-state index in [1.807, 2.05) is 0 Å². The maximum absolute atomic E-state index is 9.99. The maximum Gasteiger partial charge on any atom is 0.0543 e. The van der Waals surface area contributed by atoms with Crippen molar-refractivity contribution in [2.75, 3.05) is 0 Å². The Morgan fingerprint density at radius 3 is 1.81 bits per heavy atom.